The Morgan fingerprint density at radius 2 is 1.79 bits per heavy atom. The second-order valence-corrected chi connectivity index (χ2v) is 3.71. The summed E-state index contributed by atoms with van der Waals surface area (Å²) in [5.74, 6) is -0.883. The Morgan fingerprint density at radius 3 is 2.14 bits per heavy atom. The van der Waals surface area contributed by atoms with E-state index < -0.39 is 17.5 Å². The van der Waals surface area contributed by atoms with Gasteiger partial charge in [0.25, 0.3) is 0 Å². The third kappa shape index (κ3) is 5.35. The van der Waals surface area contributed by atoms with Crippen molar-refractivity contribution in [2.45, 2.75) is 33.3 Å². The van der Waals surface area contributed by atoms with E-state index >= 15 is 0 Å². The molecule has 0 bridgehead atoms. The lowest BCUT2D eigenvalue weighted by molar-refractivity contribution is -0.164. The van der Waals surface area contributed by atoms with Crippen molar-refractivity contribution in [3.05, 3.63) is 12.2 Å². The van der Waals surface area contributed by atoms with Crippen LogP contribution in [0.15, 0.2) is 12.2 Å². The SMILES string of the molecule is C=C(C)C(=O)OCC(C)(C)OC(C)=O. The van der Waals surface area contributed by atoms with Crippen LogP contribution in [0.1, 0.15) is 27.7 Å². The van der Waals surface area contributed by atoms with Crippen LogP contribution in [0, 0.1) is 0 Å². The third-order valence-corrected chi connectivity index (χ3v) is 1.32. The Bertz CT molecular complexity index is 253. The fourth-order valence-electron chi connectivity index (χ4n) is 0.781. The largest absolute Gasteiger partial charge is 0.458 e. The number of carbonyl (C=O) groups is 2. The standard InChI is InChI=1S/C10H16O4/c1-7(2)9(12)13-6-10(4,5)14-8(3)11/h1,6H2,2-5H3. The second kappa shape index (κ2) is 4.79. The van der Waals surface area contributed by atoms with Crippen molar-refractivity contribution in [2.75, 3.05) is 6.61 Å². The van der Waals surface area contributed by atoms with Crippen LogP contribution in [0.2, 0.25) is 0 Å². The number of hydrogen-bond donors (Lipinski definition) is 0. The molecule has 0 saturated carbocycles. The van der Waals surface area contributed by atoms with Crippen LogP contribution < -0.4 is 0 Å². The lowest BCUT2D eigenvalue weighted by Gasteiger charge is -2.23. The molecule has 0 N–H and O–H groups in total. The first kappa shape index (κ1) is 12.7. The topological polar surface area (TPSA) is 52.6 Å². The first-order chi connectivity index (χ1) is 6.24. The summed E-state index contributed by atoms with van der Waals surface area (Å²) in [6, 6.07) is 0. The Hall–Kier alpha value is -1.32. The van der Waals surface area contributed by atoms with Crippen LogP contribution in [-0.2, 0) is 19.1 Å². The summed E-state index contributed by atoms with van der Waals surface area (Å²) in [7, 11) is 0. The van der Waals surface area contributed by atoms with Crippen molar-refractivity contribution >= 4 is 11.9 Å². The molecule has 0 radical (unpaired) electrons. The summed E-state index contributed by atoms with van der Waals surface area (Å²) in [4.78, 5) is 21.7. The van der Waals surface area contributed by atoms with E-state index in [0.717, 1.165) is 0 Å². The van der Waals surface area contributed by atoms with Gasteiger partial charge in [-0.3, -0.25) is 4.79 Å². The molecule has 0 aliphatic rings. The van der Waals surface area contributed by atoms with Gasteiger partial charge in [-0.25, -0.2) is 4.79 Å². The number of ether oxygens (including phenoxy) is 2. The summed E-state index contributed by atoms with van der Waals surface area (Å²) >= 11 is 0. The molecule has 4 nitrogen and oxygen atoms in total. The smallest absolute Gasteiger partial charge is 0.333 e. The lowest BCUT2D eigenvalue weighted by atomic mass is 10.1. The minimum atomic E-state index is -0.795. The van der Waals surface area contributed by atoms with Gasteiger partial charge in [-0.15, -0.1) is 0 Å². The summed E-state index contributed by atoms with van der Waals surface area (Å²) in [6.45, 7) is 9.66. The Morgan fingerprint density at radius 1 is 1.29 bits per heavy atom. The maximum atomic E-state index is 11.0. The molecule has 0 spiro atoms. The van der Waals surface area contributed by atoms with Gasteiger partial charge in [0.1, 0.15) is 12.2 Å². The summed E-state index contributed by atoms with van der Waals surface area (Å²) in [6.07, 6.45) is 0. The molecule has 0 amide bonds. The predicted octanol–water partition coefficient (Wildman–Crippen LogP) is 1.45. The predicted molar refractivity (Wildman–Crippen MR) is 51.6 cm³/mol. The molecular weight excluding hydrogens is 184 g/mol. The van der Waals surface area contributed by atoms with Crippen molar-refractivity contribution < 1.29 is 19.1 Å². The van der Waals surface area contributed by atoms with Crippen LogP contribution in [0.25, 0.3) is 0 Å². The maximum Gasteiger partial charge on any atom is 0.333 e. The zero-order valence-corrected chi connectivity index (χ0v) is 9.05. The van der Waals surface area contributed by atoms with E-state index in [1.54, 1.807) is 20.8 Å². The minimum absolute atomic E-state index is 0.0261. The fourth-order valence-corrected chi connectivity index (χ4v) is 0.781. The van der Waals surface area contributed by atoms with Crippen molar-refractivity contribution in [2.24, 2.45) is 0 Å². The van der Waals surface area contributed by atoms with Gasteiger partial charge in [0.15, 0.2) is 0 Å². The quantitative estimate of drug-likeness (QED) is 0.509. The highest BCUT2D eigenvalue weighted by atomic mass is 16.6. The van der Waals surface area contributed by atoms with E-state index in [2.05, 4.69) is 6.58 Å². The second-order valence-electron chi connectivity index (χ2n) is 3.71. The minimum Gasteiger partial charge on any atom is -0.458 e. The van der Waals surface area contributed by atoms with Gasteiger partial charge in [0, 0.05) is 12.5 Å². The highest BCUT2D eigenvalue weighted by Crippen LogP contribution is 2.10. The lowest BCUT2D eigenvalue weighted by Crippen LogP contribution is -2.33. The summed E-state index contributed by atoms with van der Waals surface area (Å²) in [5.41, 5.74) is -0.472. The zero-order valence-electron chi connectivity index (χ0n) is 9.05. The molecule has 0 unspecified atom stereocenters. The molecule has 80 valence electrons. The molecule has 4 heteroatoms. The van der Waals surface area contributed by atoms with Gasteiger partial charge in [0.2, 0.25) is 0 Å². The molecule has 0 aromatic carbocycles. The van der Waals surface area contributed by atoms with Crippen LogP contribution in [-0.4, -0.2) is 24.1 Å². The van der Waals surface area contributed by atoms with Gasteiger partial charge < -0.3 is 9.47 Å². The molecule has 0 atom stereocenters. The molecule has 14 heavy (non-hydrogen) atoms. The Balaban J connectivity index is 4.05. The number of carbonyl (C=O) groups excluding carboxylic acids is 2. The maximum absolute atomic E-state index is 11.0. The first-order valence-corrected chi connectivity index (χ1v) is 4.27. The highest BCUT2D eigenvalue weighted by molar-refractivity contribution is 5.86. The highest BCUT2D eigenvalue weighted by Gasteiger charge is 2.23. The van der Waals surface area contributed by atoms with Crippen LogP contribution in [0.3, 0.4) is 0 Å². The van der Waals surface area contributed by atoms with E-state index in [4.69, 9.17) is 9.47 Å². The van der Waals surface area contributed by atoms with Crippen molar-refractivity contribution in [3.63, 3.8) is 0 Å². The van der Waals surface area contributed by atoms with E-state index in [1.807, 2.05) is 0 Å². The normalized spacial score (nSPS) is 10.6. The molecule has 0 fully saturated rings. The van der Waals surface area contributed by atoms with E-state index in [-0.39, 0.29) is 6.61 Å². The van der Waals surface area contributed by atoms with Gasteiger partial charge in [0.05, 0.1) is 0 Å². The van der Waals surface area contributed by atoms with Gasteiger partial charge >= 0.3 is 11.9 Å². The van der Waals surface area contributed by atoms with Crippen molar-refractivity contribution in [1.82, 2.24) is 0 Å². The monoisotopic (exact) mass is 200 g/mol. The number of hydrogen-bond acceptors (Lipinski definition) is 4. The molecule has 0 aromatic rings. The number of esters is 2. The molecule has 0 aliphatic carbocycles. The average Bonchev–Trinajstić information content (AvgIpc) is 1.97. The molecular formula is C10H16O4. The van der Waals surface area contributed by atoms with Gasteiger partial charge in [-0.05, 0) is 20.8 Å². The Kier molecular flexibility index (Phi) is 4.34. The third-order valence-electron chi connectivity index (χ3n) is 1.32. The van der Waals surface area contributed by atoms with E-state index in [9.17, 15) is 9.59 Å². The first-order valence-electron chi connectivity index (χ1n) is 4.27. The van der Waals surface area contributed by atoms with E-state index in [0.29, 0.717) is 5.57 Å². The van der Waals surface area contributed by atoms with Gasteiger partial charge in [-0.1, -0.05) is 6.58 Å². The number of rotatable bonds is 4. The van der Waals surface area contributed by atoms with E-state index in [1.165, 1.54) is 6.92 Å². The Labute approximate surface area is 83.9 Å². The molecule has 0 heterocycles. The summed E-state index contributed by atoms with van der Waals surface area (Å²) in [5, 5.41) is 0. The van der Waals surface area contributed by atoms with Crippen LogP contribution >= 0.6 is 0 Å². The van der Waals surface area contributed by atoms with Crippen LogP contribution in [0.4, 0.5) is 0 Å². The van der Waals surface area contributed by atoms with Crippen molar-refractivity contribution in [1.29, 1.82) is 0 Å². The molecule has 0 saturated heterocycles. The fraction of sp³-hybridized carbons (Fsp3) is 0.600. The summed E-state index contributed by atoms with van der Waals surface area (Å²) < 4.78 is 9.78. The molecule has 0 rings (SSSR count). The molecule has 0 aromatic heterocycles. The molecule has 0 aliphatic heterocycles. The van der Waals surface area contributed by atoms with Crippen molar-refractivity contribution in [3.8, 4) is 0 Å². The average molecular weight is 200 g/mol. The van der Waals surface area contributed by atoms with Crippen LogP contribution in [0.5, 0.6) is 0 Å². The van der Waals surface area contributed by atoms with Gasteiger partial charge in [-0.2, -0.15) is 0 Å². The zero-order chi connectivity index (χ0) is 11.4.